The number of amides is 1. The molecule has 0 aliphatic carbocycles. The molecule has 0 saturated heterocycles. The number of carbonyl (C=O) groups is 2. The van der Waals surface area contributed by atoms with Gasteiger partial charge in [0, 0.05) is 6.07 Å². The van der Waals surface area contributed by atoms with Crippen molar-refractivity contribution in [2.45, 2.75) is 13.0 Å². The van der Waals surface area contributed by atoms with Crippen LogP contribution in [0.1, 0.15) is 17.3 Å². The molecule has 7 nitrogen and oxygen atoms in total. The number of esters is 1. The summed E-state index contributed by atoms with van der Waals surface area (Å²) in [7, 11) is 3.01. The highest BCUT2D eigenvalue weighted by atomic mass is 16.6. The van der Waals surface area contributed by atoms with Crippen molar-refractivity contribution in [2.24, 2.45) is 0 Å². The number of benzene rings is 3. The SMILES string of the molecule is COc1ccc(OC)c(NC(=O)C(C)OC(=O)c2ccccc2Oc2ccccc2)c1. The molecule has 1 unspecified atom stereocenters. The molecule has 0 aliphatic heterocycles. The Morgan fingerprint density at radius 3 is 2.23 bits per heavy atom. The van der Waals surface area contributed by atoms with Crippen LogP contribution in [0.3, 0.4) is 0 Å². The summed E-state index contributed by atoms with van der Waals surface area (Å²) in [5.74, 6) is 0.731. The minimum atomic E-state index is -1.06. The summed E-state index contributed by atoms with van der Waals surface area (Å²) in [6.45, 7) is 1.49. The van der Waals surface area contributed by atoms with E-state index in [1.807, 2.05) is 18.2 Å². The highest BCUT2D eigenvalue weighted by molar-refractivity contribution is 5.99. The third-order valence-corrected chi connectivity index (χ3v) is 4.40. The minimum Gasteiger partial charge on any atom is -0.497 e. The van der Waals surface area contributed by atoms with E-state index in [0.29, 0.717) is 28.7 Å². The van der Waals surface area contributed by atoms with Crippen LogP contribution < -0.4 is 19.5 Å². The molecule has 1 N–H and O–H groups in total. The number of methoxy groups -OCH3 is 2. The highest BCUT2D eigenvalue weighted by Crippen LogP contribution is 2.29. The molecule has 0 aromatic heterocycles. The third kappa shape index (κ3) is 5.54. The summed E-state index contributed by atoms with van der Waals surface area (Å²) >= 11 is 0. The van der Waals surface area contributed by atoms with Gasteiger partial charge in [-0.2, -0.15) is 0 Å². The van der Waals surface area contributed by atoms with Crippen LogP contribution in [0.2, 0.25) is 0 Å². The fourth-order valence-corrected chi connectivity index (χ4v) is 2.76. The van der Waals surface area contributed by atoms with Gasteiger partial charge in [-0.05, 0) is 43.3 Å². The Hall–Kier alpha value is -4.00. The van der Waals surface area contributed by atoms with Crippen LogP contribution in [0, 0.1) is 0 Å². The van der Waals surface area contributed by atoms with Crippen molar-refractivity contribution in [2.75, 3.05) is 19.5 Å². The highest BCUT2D eigenvalue weighted by Gasteiger charge is 2.22. The smallest absolute Gasteiger partial charge is 0.342 e. The maximum absolute atomic E-state index is 12.7. The second-order valence-electron chi connectivity index (χ2n) is 6.51. The predicted octanol–water partition coefficient (Wildman–Crippen LogP) is 4.68. The largest absolute Gasteiger partial charge is 0.497 e. The Morgan fingerprint density at radius 2 is 1.52 bits per heavy atom. The maximum atomic E-state index is 12.7. The van der Waals surface area contributed by atoms with E-state index < -0.39 is 18.0 Å². The first kappa shape index (κ1) is 21.7. The van der Waals surface area contributed by atoms with Crippen LogP contribution in [-0.4, -0.2) is 32.2 Å². The quantitative estimate of drug-likeness (QED) is 0.532. The van der Waals surface area contributed by atoms with Gasteiger partial charge in [0.25, 0.3) is 5.91 Å². The molecule has 31 heavy (non-hydrogen) atoms. The van der Waals surface area contributed by atoms with Crippen molar-refractivity contribution >= 4 is 17.6 Å². The molecule has 3 aromatic carbocycles. The van der Waals surface area contributed by atoms with Crippen molar-refractivity contribution in [1.29, 1.82) is 0 Å². The van der Waals surface area contributed by atoms with E-state index in [4.69, 9.17) is 18.9 Å². The van der Waals surface area contributed by atoms with E-state index in [1.165, 1.54) is 21.1 Å². The van der Waals surface area contributed by atoms with E-state index in [-0.39, 0.29) is 5.56 Å². The van der Waals surface area contributed by atoms with Crippen LogP contribution in [-0.2, 0) is 9.53 Å². The molecule has 1 atom stereocenters. The van der Waals surface area contributed by atoms with Gasteiger partial charge in [-0.25, -0.2) is 4.79 Å². The first-order valence-corrected chi connectivity index (χ1v) is 9.57. The van der Waals surface area contributed by atoms with Crippen LogP contribution in [0.25, 0.3) is 0 Å². The third-order valence-electron chi connectivity index (χ3n) is 4.40. The lowest BCUT2D eigenvalue weighted by Gasteiger charge is -2.17. The van der Waals surface area contributed by atoms with Crippen LogP contribution >= 0.6 is 0 Å². The summed E-state index contributed by atoms with van der Waals surface area (Å²) in [5, 5.41) is 2.69. The van der Waals surface area contributed by atoms with Crippen molar-refractivity contribution in [3.8, 4) is 23.0 Å². The summed E-state index contributed by atoms with van der Waals surface area (Å²) in [5.41, 5.74) is 0.618. The van der Waals surface area contributed by atoms with E-state index in [9.17, 15) is 9.59 Å². The van der Waals surface area contributed by atoms with E-state index in [1.54, 1.807) is 54.6 Å². The number of anilines is 1. The number of hydrogen-bond donors (Lipinski definition) is 1. The molecule has 3 aromatic rings. The average Bonchev–Trinajstić information content (AvgIpc) is 2.79. The number of nitrogens with one attached hydrogen (secondary N) is 1. The van der Waals surface area contributed by atoms with Gasteiger partial charge >= 0.3 is 5.97 Å². The Kier molecular flexibility index (Phi) is 7.11. The normalized spacial score (nSPS) is 11.2. The molecule has 1 amide bonds. The zero-order valence-corrected chi connectivity index (χ0v) is 17.5. The predicted molar refractivity (Wildman–Crippen MR) is 116 cm³/mol. The van der Waals surface area contributed by atoms with Crippen LogP contribution in [0.4, 0.5) is 5.69 Å². The Bertz CT molecular complexity index is 1050. The number of ether oxygens (including phenoxy) is 4. The topological polar surface area (TPSA) is 83.1 Å². The molecule has 3 rings (SSSR count). The fraction of sp³-hybridized carbons (Fsp3) is 0.167. The lowest BCUT2D eigenvalue weighted by molar-refractivity contribution is -0.123. The van der Waals surface area contributed by atoms with E-state index in [0.717, 1.165) is 0 Å². The molecule has 0 heterocycles. The lowest BCUT2D eigenvalue weighted by atomic mass is 10.2. The van der Waals surface area contributed by atoms with Gasteiger partial charge < -0.3 is 24.3 Å². The minimum absolute atomic E-state index is 0.213. The van der Waals surface area contributed by atoms with Gasteiger partial charge in [-0.15, -0.1) is 0 Å². The standard InChI is InChI=1S/C24H23NO6/c1-16(23(26)25-20-15-18(28-2)13-14-22(20)29-3)30-24(27)19-11-7-8-12-21(19)31-17-9-5-4-6-10-17/h4-16H,1-3H3,(H,25,26). The molecule has 0 fully saturated rings. The van der Waals surface area contributed by atoms with Crippen molar-refractivity contribution in [3.63, 3.8) is 0 Å². The summed E-state index contributed by atoms with van der Waals surface area (Å²) in [6.07, 6.45) is -1.06. The monoisotopic (exact) mass is 421 g/mol. The van der Waals surface area contributed by atoms with Gasteiger partial charge in [-0.1, -0.05) is 30.3 Å². The molecule has 0 aliphatic rings. The molecule has 0 bridgehead atoms. The molecule has 160 valence electrons. The average molecular weight is 421 g/mol. The van der Waals surface area contributed by atoms with Crippen molar-refractivity contribution in [3.05, 3.63) is 78.4 Å². The first-order chi connectivity index (χ1) is 15.0. The molecular weight excluding hydrogens is 398 g/mol. The number of rotatable bonds is 8. The second kappa shape index (κ2) is 10.2. The number of carbonyl (C=O) groups excluding carboxylic acids is 2. The van der Waals surface area contributed by atoms with Gasteiger partial charge in [0.15, 0.2) is 6.10 Å². The Morgan fingerprint density at radius 1 is 0.806 bits per heavy atom. The van der Waals surface area contributed by atoms with Crippen LogP contribution in [0.5, 0.6) is 23.0 Å². The second-order valence-corrected chi connectivity index (χ2v) is 6.51. The van der Waals surface area contributed by atoms with Gasteiger partial charge in [0.2, 0.25) is 0 Å². The fourth-order valence-electron chi connectivity index (χ4n) is 2.76. The lowest BCUT2D eigenvalue weighted by Crippen LogP contribution is -2.30. The van der Waals surface area contributed by atoms with Gasteiger partial charge in [-0.3, -0.25) is 4.79 Å². The zero-order valence-electron chi connectivity index (χ0n) is 17.5. The van der Waals surface area contributed by atoms with Crippen molar-refractivity contribution < 1.29 is 28.5 Å². The molecule has 0 saturated carbocycles. The van der Waals surface area contributed by atoms with Crippen molar-refractivity contribution in [1.82, 2.24) is 0 Å². The molecule has 0 radical (unpaired) electrons. The summed E-state index contributed by atoms with van der Waals surface area (Å²) in [4.78, 5) is 25.3. The van der Waals surface area contributed by atoms with Gasteiger partial charge in [0.05, 0.1) is 19.9 Å². The summed E-state index contributed by atoms with van der Waals surface area (Å²) in [6, 6.07) is 20.8. The molecule has 7 heteroatoms. The number of hydrogen-bond acceptors (Lipinski definition) is 6. The van der Waals surface area contributed by atoms with Crippen LogP contribution in [0.15, 0.2) is 72.8 Å². The Labute approximate surface area is 180 Å². The molecule has 0 spiro atoms. The maximum Gasteiger partial charge on any atom is 0.342 e. The van der Waals surface area contributed by atoms with Gasteiger partial charge in [0.1, 0.15) is 28.6 Å². The first-order valence-electron chi connectivity index (χ1n) is 9.57. The molecular formula is C24H23NO6. The zero-order chi connectivity index (χ0) is 22.2. The Balaban J connectivity index is 1.70. The summed E-state index contributed by atoms with van der Waals surface area (Å²) < 4.78 is 21.6. The number of para-hydroxylation sites is 2. The van der Waals surface area contributed by atoms with E-state index >= 15 is 0 Å². The van der Waals surface area contributed by atoms with E-state index in [2.05, 4.69) is 5.32 Å².